The highest BCUT2D eigenvalue weighted by Crippen LogP contribution is 2.10. The molecule has 5 heteroatoms. The van der Waals surface area contributed by atoms with Crippen molar-refractivity contribution in [3.63, 3.8) is 0 Å². The summed E-state index contributed by atoms with van der Waals surface area (Å²) in [5.41, 5.74) is 1.13. The minimum Gasteiger partial charge on any atom is -0.350 e. The largest absolute Gasteiger partial charge is 0.350 e. The summed E-state index contributed by atoms with van der Waals surface area (Å²) in [5, 5.41) is 3.93. The number of rotatable bonds is 4. The lowest BCUT2D eigenvalue weighted by Gasteiger charge is -2.06. The van der Waals surface area contributed by atoms with Gasteiger partial charge in [-0.05, 0) is 24.6 Å². The fourth-order valence-electron chi connectivity index (χ4n) is 1.56. The van der Waals surface area contributed by atoms with E-state index in [1.54, 1.807) is 0 Å². The molecular weight excluding hydrogens is 248 g/mol. The number of benzene rings is 1. The summed E-state index contributed by atoms with van der Waals surface area (Å²) in [7, 11) is 0. The number of aromatic nitrogens is 3. The SMILES string of the molecule is CCc1nc(C)nc(NCc2ccc(Cl)cc2)n1. The van der Waals surface area contributed by atoms with Crippen molar-refractivity contribution >= 4 is 17.5 Å². The minimum atomic E-state index is 0.620. The van der Waals surface area contributed by atoms with Crippen LogP contribution in [0.5, 0.6) is 0 Å². The Morgan fingerprint density at radius 3 is 2.50 bits per heavy atom. The van der Waals surface area contributed by atoms with Gasteiger partial charge in [0.15, 0.2) is 0 Å². The third kappa shape index (κ3) is 3.40. The van der Waals surface area contributed by atoms with Crippen molar-refractivity contribution in [2.45, 2.75) is 26.8 Å². The number of hydrogen-bond donors (Lipinski definition) is 1. The summed E-state index contributed by atoms with van der Waals surface area (Å²) < 4.78 is 0. The molecule has 0 bridgehead atoms. The van der Waals surface area contributed by atoms with Crippen molar-refractivity contribution in [3.8, 4) is 0 Å². The Bertz CT molecular complexity index is 525. The maximum Gasteiger partial charge on any atom is 0.226 e. The Balaban J connectivity index is 2.05. The van der Waals surface area contributed by atoms with E-state index in [1.807, 2.05) is 38.1 Å². The standard InChI is InChI=1S/C13H15ClN4/c1-3-12-16-9(2)17-13(18-12)15-8-10-4-6-11(14)7-5-10/h4-7H,3,8H2,1-2H3,(H,15,16,17,18). The average molecular weight is 263 g/mol. The molecule has 0 amide bonds. The molecular formula is C13H15ClN4. The van der Waals surface area contributed by atoms with Crippen molar-refractivity contribution in [2.24, 2.45) is 0 Å². The van der Waals surface area contributed by atoms with Gasteiger partial charge in [-0.15, -0.1) is 0 Å². The zero-order valence-electron chi connectivity index (χ0n) is 10.4. The molecule has 94 valence electrons. The van der Waals surface area contributed by atoms with E-state index in [0.717, 1.165) is 28.7 Å². The van der Waals surface area contributed by atoms with Crippen LogP contribution in [0.3, 0.4) is 0 Å². The van der Waals surface area contributed by atoms with E-state index in [2.05, 4.69) is 20.3 Å². The number of anilines is 1. The van der Waals surface area contributed by atoms with Gasteiger partial charge < -0.3 is 5.32 Å². The topological polar surface area (TPSA) is 50.7 Å². The lowest BCUT2D eigenvalue weighted by molar-refractivity contribution is 0.858. The molecule has 0 saturated carbocycles. The normalized spacial score (nSPS) is 10.4. The summed E-state index contributed by atoms with van der Waals surface area (Å²) in [6, 6.07) is 7.69. The number of halogens is 1. The van der Waals surface area contributed by atoms with Crippen LogP contribution in [0.25, 0.3) is 0 Å². The highest BCUT2D eigenvalue weighted by molar-refractivity contribution is 6.30. The van der Waals surface area contributed by atoms with Crippen molar-refractivity contribution in [1.82, 2.24) is 15.0 Å². The fourth-order valence-corrected chi connectivity index (χ4v) is 1.68. The number of aryl methyl sites for hydroxylation is 2. The highest BCUT2D eigenvalue weighted by atomic mass is 35.5. The number of nitrogens with zero attached hydrogens (tertiary/aromatic N) is 3. The first-order valence-electron chi connectivity index (χ1n) is 5.87. The zero-order valence-corrected chi connectivity index (χ0v) is 11.2. The summed E-state index contributed by atoms with van der Waals surface area (Å²) >= 11 is 5.84. The van der Waals surface area contributed by atoms with Crippen LogP contribution in [0, 0.1) is 6.92 Å². The maximum absolute atomic E-state index is 5.84. The van der Waals surface area contributed by atoms with Gasteiger partial charge in [0.25, 0.3) is 0 Å². The Morgan fingerprint density at radius 2 is 1.83 bits per heavy atom. The van der Waals surface area contributed by atoms with Crippen molar-refractivity contribution < 1.29 is 0 Å². The van der Waals surface area contributed by atoms with Crippen LogP contribution >= 0.6 is 11.6 Å². The lowest BCUT2D eigenvalue weighted by atomic mass is 10.2. The smallest absolute Gasteiger partial charge is 0.226 e. The van der Waals surface area contributed by atoms with E-state index in [9.17, 15) is 0 Å². The Morgan fingerprint density at radius 1 is 1.11 bits per heavy atom. The van der Waals surface area contributed by atoms with Crippen LogP contribution in [0.1, 0.15) is 24.1 Å². The van der Waals surface area contributed by atoms with E-state index in [0.29, 0.717) is 12.5 Å². The van der Waals surface area contributed by atoms with Gasteiger partial charge in [-0.2, -0.15) is 9.97 Å². The van der Waals surface area contributed by atoms with E-state index >= 15 is 0 Å². The molecule has 1 heterocycles. The molecule has 2 aromatic rings. The van der Waals surface area contributed by atoms with Gasteiger partial charge in [-0.25, -0.2) is 4.98 Å². The van der Waals surface area contributed by atoms with Gasteiger partial charge >= 0.3 is 0 Å². The Hall–Kier alpha value is -1.68. The van der Waals surface area contributed by atoms with Crippen LogP contribution < -0.4 is 5.32 Å². The zero-order chi connectivity index (χ0) is 13.0. The molecule has 1 N–H and O–H groups in total. The van der Waals surface area contributed by atoms with Crippen LogP contribution in [0.2, 0.25) is 5.02 Å². The third-order valence-corrected chi connectivity index (χ3v) is 2.73. The first-order chi connectivity index (χ1) is 8.67. The molecule has 1 aromatic heterocycles. The second-order valence-corrected chi connectivity index (χ2v) is 4.39. The van der Waals surface area contributed by atoms with Gasteiger partial charge in [0.2, 0.25) is 5.95 Å². The molecule has 0 spiro atoms. The number of hydrogen-bond acceptors (Lipinski definition) is 4. The first kappa shape index (κ1) is 12.8. The van der Waals surface area contributed by atoms with Crippen LogP contribution in [0.4, 0.5) is 5.95 Å². The van der Waals surface area contributed by atoms with Crippen molar-refractivity contribution in [1.29, 1.82) is 0 Å². The van der Waals surface area contributed by atoms with Crippen molar-refractivity contribution in [3.05, 3.63) is 46.5 Å². The van der Waals surface area contributed by atoms with E-state index in [4.69, 9.17) is 11.6 Å². The summed E-state index contributed by atoms with van der Waals surface area (Å²) in [4.78, 5) is 12.8. The molecule has 0 atom stereocenters. The molecule has 0 aliphatic rings. The van der Waals surface area contributed by atoms with E-state index in [-0.39, 0.29) is 0 Å². The van der Waals surface area contributed by atoms with Crippen molar-refractivity contribution in [2.75, 3.05) is 5.32 Å². The third-order valence-electron chi connectivity index (χ3n) is 2.47. The molecule has 0 unspecified atom stereocenters. The summed E-state index contributed by atoms with van der Waals surface area (Å²) in [6.07, 6.45) is 0.805. The molecule has 1 aromatic carbocycles. The van der Waals surface area contributed by atoms with E-state index < -0.39 is 0 Å². The van der Waals surface area contributed by atoms with E-state index in [1.165, 1.54) is 0 Å². The van der Waals surface area contributed by atoms with Gasteiger partial charge in [-0.1, -0.05) is 30.7 Å². The first-order valence-corrected chi connectivity index (χ1v) is 6.25. The summed E-state index contributed by atoms with van der Waals surface area (Å²) in [6.45, 7) is 4.57. The fraction of sp³-hybridized carbons (Fsp3) is 0.308. The average Bonchev–Trinajstić information content (AvgIpc) is 2.37. The highest BCUT2D eigenvalue weighted by Gasteiger charge is 2.02. The monoisotopic (exact) mass is 262 g/mol. The lowest BCUT2D eigenvalue weighted by Crippen LogP contribution is -2.08. The predicted molar refractivity (Wildman–Crippen MR) is 72.7 cm³/mol. The molecule has 0 fully saturated rings. The molecule has 4 nitrogen and oxygen atoms in total. The van der Waals surface area contributed by atoms with Crippen LogP contribution in [-0.4, -0.2) is 15.0 Å². The van der Waals surface area contributed by atoms with Gasteiger partial charge in [0.05, 0.1) is 0 Å². The second kappa shape index (κ2) is 5.78. The van der Waals surface area contributed by atoms with Gasteiger partial charge in [0, 0.05) is 18.0 Å². The molecule has 0 aliphatic heterocycles. The predicted octanol–water partition coefficient (Wildman–Crippen LogP) is 3.01. The quantitative estimate of drug-likeness (QED) is 0.920. The molecule has 18 heavy (non-hydrogen) atoms. The number of nitrogens with one attached hydrogen (secondary N) is 1. The van der Waals surface area contributed by atoms with Crippen LogP contribution in [-0.2, 0) is 13.0 Å². The maximum atomic E-state index is 5.84. The molecule has 0 saturated heterocycles. The Kier molecular flexibility index (Phi) is 4.10. The van der Waals surface area contributed by atoms with Crippen LogP contribution in [0.15, 0.2) is 24.3 Å². The molecule has 2 rings (SSSR count). The summed E-state index contributed by atoms with van der Waals surface area (Å²) in [5.74, 6) is 2.16. The van der Waals surface area contributed by atoms with Gasteiger partial charge in [-0.3, -0.25) is 0 Å². The second-order valence-electron chi connectivity index (χ2n) is 3.96. The Labute approximate surface area is 111 Å². The minimum absolute atomic E-state index is 0.620. The molecule has 0 aliphatic carbocycles. The molecule has 0 radical (unpaired) electrons. The van der Waals surface area contributed by atoms with Gasteiger partial charge in [0.1, 0.15) is 11.6 Å².